The molecular formula is C19H26N6O6. The highest BCUT2D eigenvalue weighted by atomic mass is 16.6. The average molecular weight is 434 g/mol. The standard InChI is InChI=1S/C19H26N6O6/c1-19(2,3)31-18(28)21-7-6-20-16(26)14-8-12(10-23(14)4)22-17(27)15-9-13(25(29)30)11-24(15)5/h8-11H,6-7H2,1-5H3,(H,20,26)(H,21,28)(H,22,27). The molecular weight excluding hydrogens is 408 g/mol. The highest BCUT2D eigenvalue weighted by molar-refractivity contribution is 6.04. The average Bonchev–Trinajstić information content (AvgIpc) is 3.20. The van der Waals surface area contributed by atoms with E-state index in [1.54, 1.807) is 34.0 Å². The second-order valence-electron chi connectivity index (χ2n) is 7.82. The second-order valence-corrected chi connectivity index (χ2v) is 7.82. The van der Waals surface area contributed by atoms with E-state index in [0.717, 1.165) is 0 Å². The first-order valence-corrected chi connectivity index (χ1v) is 9.41. The molecule has 168 valence electrons. The van der Waals surface area contributed by atoms with Crippen molar-refractivity contribution in [1.82, 2.24) is 19.8 Å². The maximum absolute atomic E-state index is 12.4. The molecule has 3 N–H and O–H groups in total. The normalized spacial score (nSPS) is 11.0. The second kappa shape index (κ2) is 9.32. The number of amides is 3. The van der Waals surface area contributed by atoms with E-state index in [4.69, 9.17) is 4.74 Å². The van der Waals surface area contributed by atoms with Crippen molar-refractivity contribution in [2.75, 3.05) is 18.4 Å². The molecule has 2 rings (SSSR count). The zero-order valence-corrected chi connectivity index (χ0v) is 18.0. The summed E-state index contributed by atoms with van der Waals surface area (Å²) >= 11 is 0. The fourth-order valence-corrected chi connectivity index (χ4v) is 2.67. The van der Waals surface area contributed by atoms with Crippen LogP contribution in [0.1, 0.15) is 41.7 Å². The fourth-order valence-electron chi connectivity index (χ4n) is 2.67. The summed E-state index contributed by atoms with van der Waals surface area (Å²) in [7, 11) is 3.16. The predicted molar refractivity (Wildman–Crippen MR) is 112 cm³/mol. The van der Waals surface area contributed by atoms with Gasteiger partial charge >= 0.3 is 6.09 Å². The number of alkyl carbamates (subject to hydrolysis) is 1. The third kappa shape index (κ3) is 6.59. The Balaban J connectivity index is 1.91. The lowest BCUT2D eigenvalue weighted by atomic mass is 10.2. The molecule has 0 saturated carbocycles. The molecule has 2 aromatic rings. The van der Waals surface area contributed by atoms with E-state index in [1.807, 2.05) is 0 Å². The number of hydrogen-bond donors (Lipinski definition) is 3. The number of nitro groups is 1. The van der Waals surface area contributed by atoms with Crippen molar-refractivity contribution in [3.63, 3.8) is 0 Å². The van der Waals surface area contributed by atoms with Crippen molar-refractivity contribution in [3.05, 3.63) is 46.0 Å². The minimum atomic E-state index is -0.610. The molecule has 12 nitrogen and oxygen atoms in total. The van der Waals surface area contributed by atoms with Gasteiger partial charge in [0.25, 0.3) is 17.5 Å². The number of aryl methyl sites for hydroxylation is 2. The third-order valence-electron chi connectivity index (χ3n) is 4.01. The molecule has 0 unspecified atom stereocenters. The van der Waals surface area contributed by atoms with Crippen LogP contribution in [0.25, 0.3) is 0 Å². The minimum Gasteiger partial charge on any atom is -0.444 e. The summed E-state index contributed by atoms with van der Waals surface area (Å²) < 4.78 is 7.98. The molecule has 0 atom stereocenters. The highest BCUT2D eigenvalue weighted by Crippen LogP contribution is 2.18. The van der Waals surface area contributed by atoms with Crippen molar-refractivity contribution in [3.8, 4) is 0 Å². The summed E-state index contributed by atoms with van der Waals surface area (Å²) in [6, 6.07) is 2.65. The first kappa shape index (κ1) is 23.4. The monoisotopic (exact) mass is 434 g/mol. The Hall–Kier alpha value is -3.83. The number of anilines is 1. The Bertz CT molecular complexity index is 1000. The van der Waals surface area contributed by atoms with Crippen LogP contribution in [0.5, 0.6) is 0 Å². The van der Waals surface area contributed by atoms with Crippen LogP contribution in [0, 0.1) is 10.1 Å². The molecule has 31 heavy (non-hydrogen) atoms. The molecule has 0 aliphatic rings. The van der Waals surface area contributed by atoms with E-state index < -0.39 is 28.4 Å². The van der Waals surface area contributed by atoms with Crippen molar-refractivity contribution in [2.24, 2.45) is 14.1 Å². The van der Waals surface area contributed by atoms with Gasteiger partial charge < -0.3 is 29.8 Å². The predicted octanol–water partition coefficient (Wildman–Crippen LogP) is 1.78. The van der Waals surface area contributed by atoms with E-state index in [0.29, 0.717) is 5.69 Å². The van der Waals surface area contributed by atoms with Gasteiger partial charge in [-0.25, -0.2) is 4.79 Å². The molecule has 2 aromatic heterocycles. The van der Waals surface area contributed by atoms with E-state index in [-0.39, 0.29) is 30.2 Å². The number of carbonyl (C=O) groups is 3. The molecule has 3 amide bonds. The van der Waals surface area contributed by atoms with Gasteiger partial charge in [-0.3, -0.25) is 19.7 Å². The Morgan fingerprint density at radius 3 is 2.16 bits per heavy atom. The number of aromatic nitrogens is 2. The molecule has 0 bridgehead atoms. The summed E-state index contributed by atoms with van der Waals surface area (Å²) in [5.41, 5.74) is -0.0593. The van der Waals surface area contributed by atoms with Crippen molar-refractivity contribution >= 4 is 29.3 Å². The van der Waals surface area contributed by atoms with Gasteiger partial charge in [0, 0.05) is 39.4 Å². The molecule has 0 aliphatic heterocycles. The lowest BCUT2D eigenvalue weighted by Crippen LogP contribution is -2.38. The topological polar surface area (TPSA) is 150 Å². The molecule has 0 radical (unpaired) electrons. The summed E-state index contributed by atoms with van der Waals surface area (Å²) in [6.07, 6.45) is 2.21. The first-order chi connectivity index (χ1) is 14.4. The molecule has 12 heteroatoms. The zero-order chi connectivity index (χ0) is 23.3. The maximum Gasteiger partial charge on any atom is 0.407 e. The quantitative estimate of drug-likeness (QED) is 0.343. The van der Waals surface area contributed by atoms with Crippen molar-refractivity contribution < 1.29 is 24.0 Å². The molecule has 0 fully saturated rings. The van der Waals surface area contributed by atoms with Gasteiger partial charge in [0.2, 0.25) is 0 Å². The van der Waals surface area contributed by atoms with Gasteiger partial charge in [-0.1, -0.05) is 0 Å². The summed E-state index contributed by atoms with van der Waals surface area (Å²) in [5.74, 6) is -0.946. The van der Waals surface area contributed by atoms with Gasteiger partial charge in [-0.05, 0) is 26.8 Å². The largest absolute Gasteiger partial charge is 0.444 e. The Labute approximate surface area is 178 Å². The van der Waals surface area contributed by atoms with Crippen LogP contribution in [0.2, 0.25) is 0 Å². The van der Waals surface area contributed by atoms with Crippen LogP contribution in [0.3, 0.4) is 0 Å². The Morgan fingerprint density at radius 2 is 1.58 bits per heavy atom. The third-order valence-corrected chi connectivity index (χ3v) is 4.01. The minimum absolute atomic E-state index is 0.106. The Morgan fingerprint density at radius 1 is 1.00 bits per heavy atom. The van der Waals surface area contributed by atoms with Crippen LogP contribution in [0.4, 0.5) is 16.2 Å². The van der Waals surface area contributed by atoms with E-state index in [1.165, 1.54) is 34.5 Å². The summed E-state index contributed by atoms with van der Waals surface area (Å²) in [4.78, 5) is 46.7. The SMILES string of the molecule is Cn1cc(NC(=O)c2cc([N+](=O)[O-])cn2C)cc1C(=O)NCCNC(=O)OC(C)(C)C. The summed E-state index contributed by atoms with van der Waals surface area (Å²) in [6.45, 7) is 5.61. The molecule has 0 aromatic carbocycles. The van der Waals surface area contributed by atoms with Crippen LogP contribution in [0.15, 0.2) is 24.5 Å². The van der Waals surface area contributed by atoms with Crippen LogP contribution in [-0.2, 0) is 18.8 Å². The number of nitrogens with one attached hydrogen (secondary N) is 3. The van der Waals surface area contributed by atoms with E-state index in [2.05, 4.69) is 16.0 Å². The maximum atomic E-state index is 12.4. The molecule has 2 heterocycles. The van der Waals surface area contributed by atoms with Gasteiger partial charge in [-0.2, -0.15) is 0 Å². The van der Waals surface area contributed by atoms with E-state index in [9.17, 15) is 24.5 Å². The lowest BCUT2D eigenvalue weighted by Gasteiger charge is -2.19. The molecule has 0 aliphatic carbocycles. The lowest BCUT2D eigenvalue weighted by molar-refractivity contribution is -0.384. The zero-order valence-electron chi connectivity index (χ0n) is 18.0. The smallest absolute Gasteiger partial charge is 0.407 e. The van der Waals surface area contributed by atoms with Gasteiger partial charge in [-0.15, -0.1) is 0 Å². The molecule has 0 spiro atoms. The van der Waals surface area contributed by atoms with Crippen LogP contribution >= 0.6 is 0 Å². The fraction of sp³-hybridized carbons (Fsp3) is 0.421. The number of ether oxygens (including phenoxy) is 1. The van der Waals surface area contributed by atoms with Gasteiger partial charge in [0.05, 0.1) is 16.8 Å². The van der Waals surface area contributed by atoms with Gasteiger partial charge in [0.15, 0.2) is 0 Å². The van der Waals surface area contributed by atoms with Gasteiger partial charge in [0.1, 0.15) is 17.0 Å². The highest BCUT2D eigenvalue weighted by Gasteiger charge is 2.19. The molecule has 0 saturated heterocycles. The number of carbonyl (C=O) groups excluding carboxylic acids is 3. The number of hydrogen-bond acceptors (Lipinski definition) is 6. The number of nitrogens with zero attached hydrogens (tertiary/aromatic N) is 3. The van der Waals surface area contributed by atoms with Crippen molar-refractivity contribution in [1.29, 1.82) is 0 Å². The van der Waals surface area contributed by atoms with Crippen LogP contribution < -0.4 is 16.0 Å². The van der Waals surface area contributed by atoms with Crippen LogP contribution in [-0.4, -0.2) is 50.7 Å². The first-order valence-electron chi connectivity index (χ1n) is 9.41. The van der Waals surface area contributed by atoms with Crippen molar-refractivity contribution in [2.45, 2.75) is 26.4 Å². The van der Waals surface area contributed by atoms with E-state index >= 15 is 0 Å². The Kier molecular flexibility index (Phi) is 7.05. The number of rotatable bonds is 7. The summed E-state index contributed by atoms with van der Waals surface area (Å²) in [5, 5.41) is 18.7.